The average molecular weight is 1100 g/mol. The van der Waals surface area contributed by atoms with Gasteiger partial charge in [-0.25, -0.2) is 0 Å². The van der Waals surface area contributed by atoms with Crippen molar-refractivity contribution in [2.24, 2.45) is 57.2 Å². The molecule has 8 aliphatic carbocycles. The molecule has 12 atom stereocenters. The summed E-state index contributed by atoms with van der Waals surface area (Å²) in [5.41, 5.74) is 10.1. The number of Topliss-reactive ketones (excluding diaryl/α,β-unsaturated/α-hetero) is 1. The van der Waals surface area contributed by atoms with Crippen molar-refractivity contribution < 1.29 is 19.4 Å². The van der Waals surface area contributed by atoms with E-state index < -0.39 is 4.30 Å². The van der Waals surface area contributed by atoms with E-state index >= 15 is 0 Å². The first-order chi connectivity index (χ1) is 36.3. The minimum absolute atomic E-state index is 0.00290. The number of allylic oxidation sites excluding steroid dienone is 6. The molecule has 2 heterocycles. The molecule has 0 radical (unpaired) electrons. The number of carbonyl (C=O) groups excluding carboxylic acids is 2. The Kier molecular flexibility index (Phi) is 23.4. The Hall–Kier alpha value is -2.81. The second-order valence-electron chi connectivity index (χ2n) is 24.6. The van der Waals surface area contributed by atoms with Crippen LogP contribution in [0.15, 0.2) is 84.5 Å². The van der Waals surface area contributed by atoms with Crippen LogP contribution in [0, 0.1) is 57.2 Å². The third-order valence-electron chi connectivity index (χ3n) is 20.5. The molecule has 2 aromatic rings. The maximum atomic E-state index is 12.2. The van der Waals surface area contributed by atoms with Crippen molar-refractivity contribution in [2.75, 3.05) is 19.6 Å². The Morgan fingerprint density at radius 1 is 0.632 bits per heavy atom. The fourth-order valence-electron chi connectivity index (χ4n) is 16.1. The minimum atomic E-state index is -0.750. The van der Waals surface area contributed by atoms with Crippen LogP contribution in [0.25, 0.3) is 11.1 Å². The Labute approximate surface area is 475 Å². The summed E-state index contributed by atoms with van der Waals surface area (Å²) in [6, 6.07) is 8.62. The van der Waals surface area contributed by atoms with Crippen molar-refractivity contribution in [3.8, 4) is 0 Å². The van der Waals surface area contributed by atoms with E-state index in [0.717, 1.165) is 99.7 Å². The molecule has 4 fully saturated rings. The molecule has 422 valence electrons. The number of hydrogen-bond acceptors (Lipinski definition) is 7. The summed E-state index contributed by atoms with van der Waals surface area (Å²) in [6.07, 6.45) is 39.7. The van der Waals surface area contributed by atoms with Crippen molar-refractivity contribution >= 4 is 57.7 Å². The van der Waals surface area contributed by atoms with Gasteiger partial charge in [0.2, 0.25) is 0 Å². The maximum absolute atomic E-state index is 12.2. The van der Waals surface area contributed by atoms with E-state index in [2.05, 4.69) is 132 Å². The zero-order chi connectivity index (χ0) is 55.3. The minimum Gasteiger partial charge on any atom is -0.462 e. The third-order valence-corrected chi connectivity index (χ3v) is 20.5. The SMILES string of the molecule is CCCCC(=O)O[C@H]1CC[C@@]2(C)C(=CC[C@@H]3[C@@H]2CC[C@]2(C)C(c4cccnc4)=CC[C@@H]32)C1.CCCCC(C)=O.CCN(CC)CC.C[C@]12CC[C@H](O)CC1=CC[C@@H]1[C@@H]2CC[C@]2(C)C(c3cccnc3)=CC[C@@H]12.ClC(Cl)Cl. The lowest BCUT2D eigenvalue weighted by molar-refractivity contribution is -0.151. The largest absolute Gasteiger partial charge is 0.462 e. The van der Waals surface area contributed by atoms with E-state index in [1.165, 1.54) is 94.1 Å². The maximum Gasteiger partial charge on any atom is 0.306 e. The molecule has 0 saturated heterocycles. The molecule has 0 amide bonds. The number of nitrogens with zero attached hydrogens (tertiary/aromatic N) is 3. The molecule has 0 aliphatic heterocycles. The van der Waals surface area contributed by atoms with Gasteiger partial charge in [0.15, 0.2) is 4.30 Å². The summed E-state index contributed by atoms with van der Waals surface area (Å²) in [7, 11) is 0. The van der Waals surface area contributed by atoms with E-state index in [1.54, 1.807) is 23.6 Å². The number of fused-ring (bicyclic) bond motifs is 10. The molecule has 0 spiro atoms. The molecule has 1 N–H and O–H groups in total. The van der Waals surface area contributed by atoms with Gasteiger partial charge in [0, 0.05) is 44.0 Å². The number of aromatic nitrogens is 2. The number of alkyl halides is 3. The number of unbranched alkanes of at least 4 members (excludes halogenated alkanes) is 2. The lowest BCUT2D eigenvalue weighted by Crippen LogP contribution is -2.50. The molecular weight excluding hydrogens is 1010 g/mol. The average Bonchev–Trinajstić information content (AvgIpc) is 4.01. The van der Waals surface area contributed by atoms with E-state index in [0.29, 0.717) is 23.0 Å². The Bertz CT molecular complexity index is 2290. The number of halogens is 3. The van der Waals surface area contributed by atoms with Gasteiger partial charge >= 0.3 is 5.97 Å². The van der Waals surface area contributed by atoms with Crippen LogP contribution in [0.2, 0.25) is 0 Å². The molecule has 7 nitrogen and oxygen atoms in total. The fourth-order valence-corrected chi connectivity index (χ4v) is 16.1. The van der Waals surface area contributed by atoms with E-state index in [4.69, 9.17) is 39.5 Å². The standard InChI is InChI=1S/C29H39NO2.C24H31NO.C6H15N.C6H12O.CHCl3/c1-4-5-8-27(31)32-22-13-15-28(2)21(18-22)9-10-23-25-12-11-24(20-7-6-17-30-19-20)29(25,3)16-14-26(23)28;1-23-11-9-18(26)14-17(23)5-6-19-21-8-7-20(16-4-3-13-25-15-16)24(21,2)12-10-22(19)23;1-4-7(5-2)6-3;1-3-4-5-6(2)7;2-1(3)4/h6-7,9,11,17,19,22-23,25-26H,4-5,8,10,12-16,18H2,1-3H3;3-5,7,13,15,18-19,21-22,26H,6,8-12,14H2,1-2H3;4-6H2,1-3H3;3-5H2,1-2H3;1H/t22-,23-,25-,26-,28-,29+;18-,19-,21-,22-,23-,24+;;;/m00.../s1. The summed E-state index contributed by atoms with van der Waals surface area (Å²) >= 11 is 14.4. The smallest absolute Gasteiger partial charge is 0.306 e. The Morgan fingerprint density at radius 3 is 1.49 bits per heavy atom. The molecule has 2 aromatic heterocycles. The lowest BCUT2D eigenvalue weighted by atomic mass is 9.47. The first kappa shape index (κ1) is 62.4. The van der Waals surface area contributed by atoms with Gasteiger partial charge in [-0.05, 0) is 214 Å². The first-order valence-electron chi connectivity index (χ1n) is 30.0. The van der Waals surface area contributed by atoms with Crippen LogP contribution >= 0.6 is 34.8 Å². The molecule has 76 heavy (non-hydrogen) atoms. The molecule has 4 saturated carbocycles. The number of esters is 1. The molecule has 10 heteroatoms. The Morgan fingerprint density at radius 2 is 1.08 bits per heavy atom. The highest BCUT2D eigenvalue weighted by Gasteiger charge is 2.58. The summed E-state index contributed by atoms with van der Waals surface area (Å²) in [5, 5.41) is 10.2. The first-order valence-corrected chi connectivity index (χ1v) is 31.3. The van der Waals surface area contributed by atoms with Crippen LogP contribution in [0.3, 0.4) is 0 Å². The van der Waals surface area contributed by atoms with Crippen LogP contribution in [-0.4, -0.2) is 67.9 Å². The van der Waals surface area contributed by atoms with Gasteiger partial charge in [0.25, 0.3) is 0 Å². The van der Waals surface area contributed by atoms with Gasteiger partial charge < -0.3 is 19.5 Å². The highest BCUT2D eigenvalue weighted by atomic mass is 35.6. The number of ketones is 1. The predicted octanol–water partition coefficient (Wildman–Crippen LogP) is 17.6. The molecule has 8 aliphatic rings. The quantitative estimate of drug-likeness (QED) is 0.129. The summed E-state index contributed by atoms with van der Waals surface area (Å²) < 4.78 is 5.13. The van der Waals surface area contributed by atoms with E-state index in [9.17, 15) is 14.7 Å². The number of aliphatic hydroxyl groups excluding tert-OH is 1. The Balaban J connectivity index is 0.000000189. The molecule has 0 bridgehead atoms. The van der Waals surface area contributed by atoms with Gasteiger partial charge in [0.1, 0.15) is 11.9 Å². The third kappa shape index (κ3) is 14.6. The number of ether oxygens (including phenoxy) is 1. The topological polar surface area (TPSA) is 92.6 Å². The second-order valence-corrected chi connectivity index (χ2v) is 26.6. The molecule has 0 aromatic carbocycles. The normalized spacial score (nSPS) is 33.5. The van der Waals surface area contributed by atoms with Crippen LogP contribution < -0.4 is 0 Å². The van der Waals surface area contributed by atoms with Crippen molar-refractivity contribution in [2.45, 2.75) is 214 Å². The van der Waals surface area contributed by atoms with Crippen LogP contribution in [0.5, 0.6) is 0 Å². The van der Waals surface area contributed by atoms with E-state index in [-0.39, 0.29) is 29.0 Å². The van der Waals surface area contributed by atoms with Gasteiger partial charge in [-0.1, -0.05) is 158 Å². The van der Waals surface area contributed by atoms with Gasteiger partial charge in [-0.15, -0.1) is 0 Å². The van der Waals surface area contributed by atoms with Crippen LogP contribution in [0.1, 0.15) is 209 Å². The van der Waals surface area contributed by atoms with Crippen molar-refractivity contribution in [3.05, 3.63) is 95.6 Å². The highest BCUT2D eigenvalue weighted by molar-refractivity contribution is 6.63. The van der Waals surface area contributed by atoms with Crippen LogP contribution in [-0.2, 0) is 14.3 Å². The number of pyridine rings is 2. The number of rotatable bonds is 12. The zero-order valence-corrected chi connectivity index (χ0v) is 50.8. The molecular formula is C66H98Cl3N3O4. The summed E-state index contributed by atoms with van der Waals surface area (Å²) in [4.78, 5) is 33.6. The van der Waals surface area contributed by atoms with Crippen molar-refractivity contribution in [1.82, 2.24) is 14.9 Å². The van der Waals surface area contributed by atoms with E-state index in [1.807, 2.05) is 18.6 Å². The van der Waals surface area contributed by atoms with Crippen LogP contribution in [0.4, 0.5) is 0 Å². The van der Waals surface area contributed by atoms with Gasteiger partial charge in [-0.3, -0.25) is 14.8 Å². The number of carbonyl (C=O) groups is 2. The van der Waals surface area contributed by atoms with Crippen molar-refractivity contribution in [1.29, 1.82) is 0 Å². The number of aliphatic hydroxyl groups is 1. The summed E-state index contributed by atoms with van der Waals surface area (Å²) in [5.74, 6) is 4.92. The highest BCUT2D eigenvalue weighted by Crippen LogP contribution is 2.68. The number of hydrogen-bond donors (Lipinski definition) is 1. The summed E-state index contributed by atoms with van der Waals surface area (Å²) in [6.45, 7) is 26.0. The zero-order valence-electron chi connectivity index (χ0n) is 48.5. The van der Waals surface area contributed by atoms with Gasteiger partial charge in [0.05, 0.1) is 6.10 Å². The molecule has 0 unspecified atom stereocenters. The fraction of sp³-hybridized carbons (Fsp3) is 0.697. The predicted molar refractivity (Wildman–Crippen MR) is 319 cm³/mol. The lowest BCUT2D eigenvalue weighted by Gasteiger charge is -2.57. The second kappa shape index (κ2) is 28.6. The monoisotopic (exact) mass is 1100 g/mol. The van der Waals surface area contributed by atoms with Gasteiger partial charge in [-0.2, -0.15) is 0 Å². The van der Waals surface area contributed by atoms with Crippen molar-refractivity contribution in [3.63, 3.8) is 0 Å². The molecule has 10 rings (SSSR count).